The third-order valence-corrected chi connectivity index (χ3v) is 4.27. The lowest BCUT2D eigenvalue weighted by molar-refractivity contribution is -0.121. The highest BCUT2D eigenvalue weighted by Crippen LogP contribution is 2.27. The number of halogens is 1. The van der Waals surface area contributed by atoms with E-state index in [1.54, 1.807) is 49.5 Å². The van der Waals surface area contributed by atoms with Crippen molar-refractivity contribution in [1.82, 2.24) is 5.32 Å². The topological polar surface area (TPSA) is 67.9 Å². The molecule has 2 amide bonds. The van der Waals surface area contributed by atoms with Crippen molar-refractivity contribution < 1.29 is 19.1 Å². The van der Waals surface area contributed by atoms with Gasteiger partial charge in [-0.1, -0.05) is 17.7 Å². The number of nitrogens with zero attached hydrogens (tertiary/aromatic N) is 1. The lowest BCUT2D eigenvalue weighted by atomic mass is 10.2. The van der Waals surface area contributed by atoms with Gasteiger partial charge in [0.05, 0.1) is 14.2 Å². The van der Waals surface area contributed by atoms with Crippen LogP contribution in [0.4, 0.5) is 5.69 Å². The van der Waals surface area contributed by atoms with Gasteiger partial charge in [0.2, 0.25) is 11.8 Å². The van der Waals surface area contributed by atoms with Gasteiger partial charge in [0.1, 0.15) is 0 Å². The summed E-state index contributed by atoms with van der Waals surface area (Å²) in [5, 5.41) is 3.44. The Labute approximate surface area is 164 Å². The largest absolute Gasteiger partial charge is 0.493 e. The molecule has 6 nitrogen and oxygen atoms in total. The molecule has 144 valence electrons. The predicted octanol–water partition coefficient (Wildman–Crippen LogP) is 3.42. The molecule has 0 saturated carbocycles. The Balaban J connectivity index is 1.91. The first-order valence-electron chi connectivity index (χ1n) is 8.46. The molecule has 1 N–H and O–H groups in total. The Kier molecular flexibility index (Phi) is 7.49. The Morgan fingerprint density at radius 1 is 1.04 bits per heavy atom. The van der Waals surface area contributed by atoms with Gasteiger partial charge in [-0.05, 0) is 42.0 Å². The average Bonchev–Trinajstić information content (AvgIpc) is 2.67. The van der Waals surface area contributed by atoms with E-state index in [0.717, 1.165) is 5.56 Å². The van der Waals surface area contributed by atoms with Gasteiger partial charge in [-0.3, -0.25) is 9.59 Å². The van der Waals surface area contributed by atoms with Crippen LogP contribution < -0.4 is 19.7 Å². The predicted molar refractivity (Wildman–Crippen MR) is 105 cm³/mol. The Bertz CT molecular complexity index is 793. The first kappa shape index (κ1) is 20.6. The molecule has 0 spiro atoms. The van der Waals surface area contributed by atoms with Gasteiger partial charge >= 0.3 is 0 Å². The van der Waals surface area contributed by atoms with Crippen LogP contribution in [0.1, 0.15) is 18.9 Å². The van der Waals surface area contributed by atoms with Gasteiger partial charge in [-0.25, -0.2) is 0 Å². The molecular formula is C20H23ClN2O4. The molecule has 0 atom stereocenters. The normalized spacial score (nSPS) is 10.2. The number of carbonyl (C=O) groups is 2. The van der Waals surface area contributed by atoms with E-state index in [4.69, 9.17) is 21.1 Å². The zero-order valence-electron chi connectivity index (χ0n) is 15.6. The minimum absolute atomic E-state index is 0.134. The number of hydrogen-bond donors (Lipinski definition) is 1. The molecule has 7 heteroatoms. The van der Waals surface area contributed by atoms with E-state index < -0.39 is 0 Å². The van der Waals surface area contributed by atoms with Crippen LogP contribution in [-0.4, -0.2) is 32.6 Å². The minimum Gasteiger partial charge on any atom is -0.493 e. The summed E-state index contributed by atoms with van der Waals surface area (Å²) in [6.07, 6.45) is 0.190. The molecular weight excluding hydrogens is 368 g/mol. The van der Waals surface area contributed by atoms with Crippen LogP contribution in [0.3, 0.4) is 0 Å². The highest BCUT2D eigenvalue weighted by atomic mass is 35.5. The molecule has 0 unspecified atom stereocenters. The highest BCUT2D eigenvalue weighted by molar-refractivity contribution is 6.30. The van der Waals surface area contributed by atoms with Crippen molar-refractivity contribution in [2.24, 2.45) is 0 Å². The Morgan fingerprint density at radius 2 is 1.70 bits per heavy atom. The minimum atomic E-state index is -0.148. The van der Waals surface area contributed by atoms with Gasteiger partial charge in [-0.15, -0.1) is 0 Å². The number of nitrogens with one attached hydrogen (secondary N) is 1. The quantitative estimate of drug-likeness (QED) is 0.750. The summed E-state index contributed by atoms with van der Waals surface area (Å²) >= 11 is 5.88. The maximum Gasteiger partial charge on any atom is 0.223 e. The summed E-state index contributed by atoms with van der Waals surface area (Å²) < 4.78 is 10.5. The number of carbonyl (C=O) groups excluding carboxylic acids is 2. The maximum absolute atomic E-state index is 12.2. The molecule has 0 aliphatic rings. The van der Waals surface area contributed by atoms with Gasteiger partial charge in [0.25, 0.3) is 0 Å². The van der Waals surface area contributed by atoms with Crippen LogP contribution in [0.2, 0.25) is 5.02 Å². The Hall–Kier alpha value is -2.73. The highest BCUT2D eigenvalue weighted by Gasteiger charge is 2.13. The zero-order valence-corrected chi connectivity index (χ0v) is 16.4. The van der Waals surface area contributed by atoms with E-state index in [0.29, 0.717) is 28.8 Å². The number of ether oxygens (including phenoxy) is 2. The lowest BCUT2D eigenvalue weighted by Crippen LogP contribution is -2.33. The van der Waals surface area contributed by atoms with E-state index in [9.17, 15) is 9.59 Å². The van der Waals surface area contributed by atoms with Crippen molar-refractivity contribution in [1.29, 1.82) is 0 Å². The second kappa shape index (κ2) is 9.83. The number of benzene rings is 2. The second-order valence-corrected chi connectivity index (χ2v) is 6.30. The summed E-state index contributed by atoms with van der Waals surface area (Å²) in [6.45, 7) is 2.12. The third-order valence-electron chi connectivity index (χ3n) is 4.02. The van der Waals surface area contributed by atoms with Crippen molar-refractivity contribution in [3.05, 3.63) is 53.1 Å². The fourth-order valence-corrected chi connectivity index (χ4v) is 2.71. The van der Waals surface area contributed by atoms with Crippen molar-refractivity contribution in [2.75, 3.05) is 25.7 Å². The first-order chi connectivity index (χ1) is 12.9. The monoisotopic (exact) mass is 390 g/mol. The van der Waals surface area contributed by atoms with Gasteiger partial charge in [-0.2, -0.15) is 0 Å². The van der Waals surface area contributed by atoms with E-state index in [1.807, 2.05) is 12.1 Å². The van der Waals surface area contributed by atoms with E-state index in [2.05, 4.69) is 5.32 Å². The summed E-state index contributed by atoms with van der Waals surface area (Å²) in [5.74, 6) is 0.956. The SMILES string of the molecule is COc1ccc(CNC(=O)CCN(C(C)=O)c2ccc(Cl)cc2)cc1OC. The van der Waals surface area contributed by atoms with E-state index >= 15 is 0 Å². The molecule has 0 aliphatic carbocycles. The van der Waals surface area contributed by atoms with Crippen LogP contribution >= 0.6 is 11.6 Å². The third kappa shape index (κ3) is 5.89. The number of hydrogen-bond acceptors (Lipinski definition) is 4. The van der Waals surface area contributed by atoms with Crippen LogP contribution in [0.25, 0.3) is 0 Å². The summed E-state index contributed by atoms with van der Waals surface area (Å²) in [7, 11) is 3.13. The zero-order chi connectivity index (χ0) is 19.8. The number of rotatable bonds is 8. The first-order valence-corrected chi connectivity index (χ1v) is 8.83. The second-order valence-electron chi connectivity index (χ2n) is 5.86. The van der Waals surface area contributed by atoms with Crippen LogP contribution in [0.5, 0.6) is 11.5 Å². The molecule has 27 heavy (non-hydrogen) atoms. The molecule has 0 aliphatic heterocycles. The van der Waals surface area contributed by atoms with Gasteiger partial charge < -0.3 is 19.7 Å². The summed E-state index contributed by atoms with van der Waals surface area (Å²) in [6, 6.07) is 12.4. The van der Waals surface area contributed by atoms with Crippen molar-refractivity contribution in [3.8, 4) is 11.5 Å². The molecule has 0 radical (unpaired) electrons. The smallest absolute Gasteiger partial charge is 0.223 e. The van der Waals surface area contributed by atoms with Crippen LogP contribution in [0.15, 0.2) is 42.5 Å². The van der Waals surface area contributed by atoms with Gasteiger partial charge in [0.15, 0.2) is 11.5 Å². The van der Waals surface area contributed by atoms with Crippen LogP contribution in [0, 0.1) is 0 Å². The molecule has 0 fully saturated rings. The van der Waals surface area contributed by atoms with E-state index in [1.165, 1.54) is 6.92 Å². The van der Waals surface area contributed by atoms with Crippen LogP contribution in [-0.2, 0) is 16.1 Å². The molecule has 2 aromatic rings. The summed E-state index contributed by atoms with van der Waals surface area (Å²) in [5.41, 5.74) is 1.60. The van der Waals surface area contributed by atoms with Gasteiger partial charge in [0, 0.05) is 37.1 Å². The molecule has 0 heterocycles. The summed E-state index contributed by atoms with van der Waals surface area (Å²) in [4.78, 5) is 25.6. The molecule has 2 aromatic carbocycles. The fourth-order valence-electron chi connectivity index (χ4n) is 2.58. The molecule has 0 saturated heterocycles. The Morgan fingerprint density at radius 3 is 2.30 bits per heavy atom. The molecule has 0 bridgehead atoms. The number of amides is 2. The standard InChI is InChI=1S/C20H23ClN2O4/c1-14(24)23(17-7-5-16(21)6-8-17)11-10-20(25)22-13-15-4-9-18(26-2)19(12-15)27-3/h4-9,12H,10-11,13H2,1-3H3,(H,22,25). The van der Waals surface area contributed by atoms with E-state index in [-0.39, 0.29) is 24.8 Å². The number of anilines is 1. The van der Waals surface area contributed by atoms with Crippen molar-refractivity contribution in [3.63, 3.8) is 0 Å². The fraction of sp³-hybridized carbons (Fsp3) is 0.300. The maximum atomic E-state index is 12.2. The van der Waals surface area contributed by atoms with Crippen molar-refractivity contribution in [2.45, 2.75) is 19.9 Å². The lowest BCUT2D eigenvalue weighted by Gasteiger charge is -2.21. The van der Waals surface area contributed by atoms with Crippen molar-refractivity contribution >= 4 is 29.1 Å². The average molecular weight is 391 g/mol. The number of methoxy groups -OCH3 is 2. The molecule has 2 rings (SSSR count). The molecule has 0 aromatic heterocycles.